The van der Waals surface area contributed by atoms with Crippen LogP contribution >= 0.6 is 23.4 Å². The maximum absolute atomic E-state index is 6.31. The average molecular weight is 312 g/mol. The smallest absolute Gasteiger partial charge is 0.0629 e. The zero-order valence-corrected chi connectivity index (χ0v) is 13.2. The molecule has 0 saturated heterocycles. The molecule has 0 atom stereocenters. The number of rotatable bonds is 7. The van der Waals surface area contributed by atoms with Crippen molar-refractivity contribution in [2.75, 3.05) is 20.3 Å². The van der Waals surface area contributed by atoms with Gasteiger partial charge in [-0.05, 0) is 17.7 Å². The highest BCUT2D eigenvalue weighted by Gasteiger charge is 2.04. The highest BCUT2D eigenvalue weighted by atomic mass is 35.5. The lowest BCUT2D eigenvalue weighted by molar-refractivity contribution is 0.199. The summed E-state index contributed by atoms with van der Waals surface area (Å²) in [5, 5.41) is 8.22. The molecule has 1 heterocycles. The summed E-state index contributed by atoms with van der Waals surface area (Å²) in [5.74, 6) is 0. The zero-order chi connectivity index (χ0) is 14.4. The summed E-state index contributed by atoms with van der Waals surface area (Å²) in [5.41, 5.74) is 1.10. The van der Waals surface area contributed by atoms with E-state index in [0.29, 0.717) is 6.61 Å². The molecule has 0 amide bonds. The largest absolute Gasteiger partial charge is 0.383 e. The van der Waals surface area contributed by atoms with E-state index in [1.54, 1.807) is 23.6 Å². The number of nitrogens with zero attached hydrogens (tertiary/aromatic N) is 2. The zero-order valence-electron chi connectivity index (χ0n) is 11.6. The Balaban J connectivity index is 1.94. The predicted molar refractivity (Wildman–Crippen MR) is 82.4 cm³/mol. The minimum Gasteiger partial charge on any atom is -0.383 e. The van der Waals surface area contributed by atoms with E-state index in [2.05, 4.69) is 22.5 Å². The van der Waals surface area contributed by atoms with E-state index in [-0.39, 0.29) is 0 Å². The fraction of sp³-hybridized carbons (Fsp3) is 0.357. The van der Waals surface area contributed by atoms with Gasteiger partial charge in [0.25, 0.3) is 0 Å². The van der Waals surface area contributed by atoms with Gasteiger partial charge in [-0.2, -0.15) is 5.10 Å². The van der Waals surface area contributed by atoms with E-state index in [4.69, 9.17) is 16.3 Å². The number of aryl methyl sites for hydroxylation is 1. The molecule has 6 heteroatoms. The topological polar surface area (TPSA) is 39.1 Å². The normalized spacial score (nSPS) is 10.9. The maximum Gasteiger partial charge on any atom is 0.0629 e. The lowest BCUT2D eigenvalue weighted by Crippen LogP contribution is -2.18. The van der Waals surface area contributed by atoms with Crippen LogP contribution in [-0.4, -0.2) is 30.0 Å². The minimum atomic E-state index is 0.701. The van der Waals surface area contributed by atoms with Gasteiger partial charge >= 0.3 is 0 Å². The highest BCUT2D eigenvalue weighted by molar-refractivity contribution is 7.99. The van der Waals surface area contributed by atoms with Crippen LogP contribution in [0.15, 0.2) is 40.4 Å². The Kier molecular flexibility index (Phi) is 5.91. The molecule has 0 aliphatic carbocycles. The third-order valence-electron chi connectivity index (χ3n) is 2.74. The summed E-state index contributed by atoms with van der Waals surface area (Å²) in [6.07, 6.45) is 3.83. The van der Waals surface area contributed by atoms with E-state index in [9.17, 15) is 0 Å². The summed E-state index contributed by atoms with van der Waals surface area (Å²) < 4.78 is 6.78. The predicted octanol–water partition coefficient (Wildman–Crippen LogP) is 2.96. The minimum absolute atomic E-state index is 0.701. The molecule has 0 spiro atoms. The molecule has 0 radical (unpaired) electrons. The highest BCUT2D eigenvalue weighted by Crippen LogP contribution is 2.30. The van der Waals surface area contributed by atoms with E-state index in [0.717, 1.165) is 33.5 Å². The van der Waals surface area contributed by atoms with Crippen molar-refractivity contribution in [2.45, 2.75) is 16.3 Å². The van der Waals surface area contributed by atoms with Gasteiger partial charge in [0.05, 0.1) is 17.7 Å². The molecule has 1 aromatic carbocycles. The number of hydrogen-bond acceptors (Lipinski definition) is 4. The van der Waals surface area contributed by atoms with E-state index < -0.39 is 0 Å². The van der Waals surface area contributed by atoms with Crippen molar-refractivity contribution < 1.29 is 4.74 Å². The molecule has 0 saturated carbocycles. The number of methoxy groups -OCH3 is 1. The Labute approximate surface area is 128 Å². The third-order valence-corrected chi connectivity index (χ3v) is 4.03. The Bertz CT molecular complexity index is 559. The van der Waals surface area contributed by atoms with Crippen LogP contribution in [0.25, 0.3) is 0 Å². The second-order valence-electron chi connectivity index (χ2n) is 4.37. The molecule has 108 valence electrons. The van der Waals surface area contributed by atoms with Crippen molar-refractivity contribution in [2.24, 2.45) is 7.05 Å². The quantitative estimate of drug-likeness (QED) is 0.798. The van der Waals surface area contributed by atoms with Crippen molar-refractivity contribution in [3.05, 3.63) is 41.2 Å². The molecule has 2 aromatic rings. The average Bonchev–Trinajstić information content (AvgIpc) is 2.82. The van der Waals surface area contributed by atoms with E-state index in [1.165, 1.54) is 0 Å². The second-order valence-corrected chi connectivity index (χ2v) is 5.93. The molecule has 0 aliphatic rings. The van der Waals surface area contributed by atoms with Crippen molar-refractivity contribution >= 4 is 23.4 Å². The third kappa shape index (κ3) is 4.52. The number of benzene rings is 1. The second kappa shape index (κ2) is 7.69. The summed E-state index contributed by atoms with van der Waals surface area (Å²) in [4.78, 5) is 2.22. The summed E-state index contributed by atoms with van der Waals surface area (Å²) >= 11 is 7.96. The Morgan fingerprint density at radius 3 is 2.90 bits per heavy atom. The molecule has 0 fully saturated rings. The van der Waals surface area contributed by atoms with Crippen LogP contribution in [0.2, 0.25) is 5.02 Å². The number of nitrogens with one attached hydrogen (secondary N) is 1. The van der Waals surface area contributed by atoms with Gasteiger partial charge in [0.1, 0.15) is 0 Å². The molecule has 0 unspecified atom stereocenters. The molecule has 1 aromatic heterocycles. The number of ether oxygens (including phenoxy) is 1. The van der Waals surface area contributed by atoms with Crippen molar-refractivity contribution in [3.63, 3.8) is 0 Å². The van der Waals surface area contributed by atoms with Gasteiger partial charge in [-0.25, -0.2) is 0 Å². The summed E-state index contributed by atoms with van der Waals surface area (Å²) in [7, 11) is 3.60. The monoisotopic (exact) mass is 311 g/mol. The van der Waals surface area contributed by atoms with Crippen LogP contribution in [0.5, 0.6) is 0 Å². The van der Waals surface area contributed by atoms with Crippen LogP contribution < -0.4 is 5.32 Å². The number of hydrogen-bond donors (Lipinski definition) is 1. The van der Waals surface area contributed by atoms with Crippen LogP contribution in [0.3, 0.4) is 0 Å². The molecule has 2 rings (SSSR count). The first kappa shape index (κ1) is 15.4. The lowest BCUT2D eigenvalue weighted by Gasteiger charge is -2.08. The summed E-state index contributed by atoms with van der Waals surface area (Å²) in [6, 6.07) is 6.13. The van der Waals surface area contributed by atoms with Gasteiger partial charge in [0, 0.05) is 43.4 Å². The van der Waals surface area contributed by atoms with Gasteiger partial charge in [-0.3, -0.25) is 4.68 Å². The van der Waals surface area contributed by atoms with Gasteiger partial charge in [-0.1, -0.05) is 29.4 Å². The van der Waals surface area contributed by atoms with Gasteiger partial charge in [-0.15, -0.1) is 0 Å². The van der Waals surface area contributed by atoms with Gasteiger partial charge in [0.15, 0.2) is 0 Å². The van der Waals surface area contributed by atoms with Crippen LogP contribution in [0.1, 0.15) is 5.56 Å². The number of aromatic nitrogens is 2. The maximum atomic E-state index is 6.31. The molecule has 4 nitrogen and oxygen atoms in total. The fourth-order valence-corrected chi connectivity index (χ4v) is 2.92. The van der Waals surface area contributed by atoms with E-state index in [1.807, 2.05) is 25.5 Å². The van der Waals surface area contributed by atoms with Crippen molar-refractivity contribution in [3.8, 4) is 0 Å². The Hall–Kier alpha value is -1.01. The SMILES string of the molecule is COCCNCc1ccc(Sc2cnn(C)c2)cc1Cl. The molecular weight excluding hydrogens is 294 g/mol. The fourth-order valence-electron chi connectivity index (χ4n) is 1.72. The first-order valence-electron chi connectivity index (χ1n) is 6.33. The van der Waals surface area contributed by atoms with E-state index >= 15 is 0 Å². The Morgan fingerprint density at radius 2 is 2.25 bits per heavy atom. The number of halogens is 1. The molecule has 20 heavy (non-hydrogen) atoms. The Morgan fingerprint density at radius 1 is 1.40 bits per heavy atom. The van der Waals surface area contributed by atoms with Crippen molar-refractivity contribution in [1.29, 1.82) is 0 Å². The van der Waals surface area contributed by atoms with Crippen LogP contribution in [0.4, 0.5) is 0 Å². The van der Waals surface area contributed by atoms with Crippen LogP contribution in [0, 0.1) is 0 Å². The molecule has 1 N–H and O–H groups in total. The van der Waals surface area contributed by atoms with Gasteiger partial charge < -0.3 is 10.1 Å². The molecule has 0 bridgehead atoms. The lowest BCUT2D eigenvalue weighted by atomic mass is 10.2. The van der Waals surface area contributed by atoms with Gasteiger partial charge in [0.2, 0.25) is 0 Å². The molecule has 0 aliphatic heterocycles. The van der Waals surface area contributed by atoms with Crippen LogP contribution in [-0.2, 0) is 18.3 Å². The first-order valence-corrected chi connectivity index (χ1v) is 7.53. The standard InChI is InChI=1S/C14H18ClN3OS/c1-18-10-13(9-17-18)20-12-4-3-11(14(15)7-12)8-16-5-6-19-2/h3-4,7,9-10,16H,5-6,8H2,1-2H3. The van der Waals surface area contributed by atoms with Crippen molar-refractivity contribution in [1.82, 2.24) is 15.1 Å². The molecular formula is C14H18ClN3OS. The first-order chi connectivity index (χ1) is 9.69. The summed E-state index contributed by atoms with van der Waals surface area (Å²) in [6.45, 7) is 2.27.